The van der Waals surface area contributed by atoms with Gasteiger partial charge in [-0.1, -0.05) is 18.2 Å². The molecule has 0 bridgehead atoms. The molecule has 20 heavy (non-hydrogen) atoms. The van der Waals surface area contributed by atoms with Gasteiger partial charge >= 0.3 is 0 Å². The van der Waals surface area contributed by atoms with Crippen LogP contribution in [0.25, 0.3) is 0 Å². The molecule has 0 saturated carbocycles. The van der Waals surface area contributed by atoms with Gasteiger partial charge < -0.3 is 9.46 Å². The molecule has 0 aliphatic heterocycles. The number of nitrogens with zero attached hydrogens (tertiary/aromatic N) is 2. The second-order valence-corrected chi connectivity index (χ2v) is 8.42. The van der Waals surface area contributed by atoms with Crippen molar-refractivity contribution in [2.45, 2.75) is 6.92 Å². The molecule has 0 aliphatic carbocycles. The van der Waals surface area contributed by atoms with Crippen LogP contribution in [0.15, 0.2) is 30.3 Å². The first kappa shape index (κ1) is 16.4. The Bertz CT molecular complexity index is 526. The summed E-state index contributed by atoms with van der Waals surface area (Å²) in [7, 11) is -2.53. The Morgan fingerprint density at radius 1 is 1.20 bits per heavy atom. The highest BCUT2D eigenvalue weighted by Gasteiger charge is 2.23. The van der Waals surface area contributed by atoms with Crippen molar-refractivity contribution in [3.05, 3.63) is 35.9 Å². The van der Waals surface area contributed by atoms with E-state index in [1.807, 2.05) is 0 Å². The van der Waals surface area contributed by atoms with Crippen molar-refractivity contribution in [3.8, 4) is 0 Å². The first-order chi connectivity index (χ1) is 9.20. The lowest BCUT2D eigenvalue weighted by molar-refractivity contribution is -0.169. The Hall–Kier alpha value is -1.65. The Kier molecular flexibility index (Phi) is 5.48. The lowest BCUT2D eigenvalue weighted by Crippen LogP contribution is -2.42. The van der Waals surface area contributed by atoms with Crippen LogP contribution in [0.2, 0.25) is 0 Å². The highest BCUT2D eigenvalue weighted by atomic mass is 31.2. The molecule has 0 heterocycles. The summed E-state index contributed by atoms with van der Waals surface area (Å²) in [5.74, 6) is -0.965. The molecular weight excluding hydrogens is 279 g/mol. The van der Waals surface area contributed by atoms with Gasteiger partial charge in [-0.2, -0.15) is 0 Å². The van der Waals surface area contributed by atoms with Crippen LogP contribution in [0.4, 0.5) is 0 Å². The second-order valence-electron chi connectivity index (χ2n) is 4.99. The maximum atomic E-state index is 12.3. The number of carbonyl (C=O) groups is 2. The van der Waals surface area contributed by atoms with Gasteiger partial charge in [0.1, 0.15) is 13.8 Å². The minimum Gasteiger partial charge on any atom is -0.322 e. The van der Waals surface area contributed by atoms with Crippen LogP contribution in [0.3, 0.4) is 0 Å². The van der Waals surface area contributed by atoms with Crippen molar-refractivity contribution in [2.24, 2.45) is 0 Å². The zero-order chi connectivity index (χ0) is 15.3. The molecule has 0 spiro atoms. The summed E-state index contributed by atoms with van der Waals surface area (Å²) in [6, 6.07) is 8.46. The number of benzene rings is 1. The van der Waals surface area contributed by atoms with E-state index < -0.39 is 13.0 Å². The molecule has 1 rings (SSSR count). The summed E-state index contributed by atoms with van der Waals surface area (Å²) >= 11 is 0. The fraction of sp³-hybridized carbons (Fsp3) is 0.385. The van der Waals surface area contributed by atoms with Gasteiger partial charge in [0, 0.05) is 12.5 Å². The quantitative estimate of drug-likeness (QED) is 0.390. The number of hydrogen-bond acceptors (Lipinski definition) is 4. The minimum absolute atomic E-state index is 0.00886. The molecule has 0 unspecified atom stereocenters. The van der Waals surface area contributed by atoms with E-state index in [9.17, 15) is 19.4 Å². The third-order valence-electron chi connectivity index (χ3n) is 2.49. The predicted octanol–water partition coefficient (Wildman–Crippen LogP) is 1.90. The molecule has 7 heteroatoms. The van der Waals surface area contributed by atoms with E-state index in [1.165, 1.54) is 11.8 Å². The number of carbonyl (C=O) groups excluding carboxylic acids is 2. The fourth-order valence-corrected chi connectivity index (χ4v) is 2.65. The van der Waals surface area contributed by atoms with Gasteiger partial charge in [0.25, 0.3) is 5.91 Å². The molecule has 1 aromatic rings. The molecular formula is C13H19N2O4P. The Labute approximate surface area is 118 Å². The Morgan fingerprint density at radius 2 is 1.75 bits per heavy atom. The zero-order valence-electron chi connectivity index (χ0n) is 11.8. The maximum absolute atomic E-state index is 12.3. The number of amides is 2. The van der Waals surface area contributed by atoms with Crippen molar-refractivity contribution in [3.63, 3.8) is 0 Å². The van der Waals surface area contributed by atoms with Crippen LogP contribution in [0.5, 0.6) is 0 Å². The average molecular weight is 298 g/mol. The molecule has 1 aromatic carbocycles. The van der Waals surface area contributed by atoms with E-state index >= 15 is 0 Å². The minimum atomic E-state index is -2.53. The van der Waals surface area contributed by atoms with Crippen molar-refractivity contribution >= 4 is 19.0 Å². The van der Waals surface area contributed by atoms with Gasteiger partial charge in [-0.25, -0.2) is 5.06 Å². The van der Waals surface area contributed by atoms with Crippen LogP contribution in [-0.4, -0.2) is 53.3 Å². The summed E-state index contributed by atoms with van der Waals surface area (Å²) < 4.78 is 11.9. The van der Waals surface area contributed by atoms with Gasteiger partial charge in [0.05, 0.1) is 6.29 Å². The summed E-state index contributed by atoms with van der Waals surface area (Å²) in [5, 5.41) is 9.92. The summed E-state index contributed by atoms with van der Waals surface area (Å²) in [4.78, 5) is 24.6. The number of hydrogen-bond donors (Lipinski definition) is 1. The van der Waals surface area contributed by atoms with Gasteiger partial charge in [-0.3, -0.25) is 14.8 Å². The lowest BCUT2D eigenvalue weighted by Gasteiger charge is -2.27. The molecule has 0 aromatic heterocycles. The molecule has 0 saturated heterocycles. The number of rotatable bonds is 5. The molecule has 0 atom stereocenters. The van der Waals surface area contributed by atoms with E-state index in [2.05, 4.69) is 0 Å². The predicted molar refractivity (Wildman–Crippen MR) is 76.1 cm³/mol. The lowest BCUT2D eigenvalue weighted by atomic mass is 10.2. The van der Waals surface area contributed by atoms with E-state index in [0.29, 0.717) is 10.6 Å². The first-order valence-electron chi connectivity index (χ1n) is 6.06. The molecule has 0 radical (unpaired) electrons. The maximum Gasteiger partial charge on any atom is 0.255 e. The molecule has 2 amide bonds. The topological polar surface area (TPSA) is 77.9 Å². The zero-order valence-corrected chi connectivity index (χ0v) is 12.7. The molecule has 6 nitrogen and oxygen atoms in total. The van der Waals surface area contributed by atoms with Gasteiger partial charge in [0.2, 0.25) is 5.91 Å². The number of hydroxylamine groups is 2. The van der Waals surface area contributed by atoms with Crippen LogP contribution in [0.1, 0.15) is 17.3 Å². The van der Waals surface area contributed by atoms with Gasteiger partial charge in [-0.15, -0.1) is 0 Å². The smallest absolute Gasteiger partial charge is 0.255 e. The standard InChI is InChI=1S/C13H19N2O4P/c1-11(16)15(18)9-14(10-20(2,3)19)13(17)12-7-5-4-6-8-12/h4-8,18H,9-10H2,1-3H3. The van der Waals surface area contributed by atoms with Crippen LogP contribution < -0.4 is 0 Å². The van der Waals surface area contributed by atoms with Crippen molar-refractivity contribution < 1.29 is 19.4 Å². The molecule has 0 aliphatic rings. The van der Waals surface area contributed by atoms with Crippen LogP contribution in [0, 0.1) is 0 Å². The van der Waals surface area contributed by atoms with E-state index in [0.717, 1.165) is 0 Å². The fourth-order valence-electron chi connectivity index (χ4n) is 1.61. The van der Waals surface area contributed by atoms with E-state index in [4.69, 9.17) is 0 Å². The van der Waals surface area contributed by atoms with Crippen molar-refractivity contribution in [2.75, 3.05) is 26.3 Å². The monoisotopic (exact) mass is 298 g/mol. The summed E-state index contributed by atoms with van der Waals surface area (Å²) in [6.07, 6.45) is -0.00886. The van der Waals surface area contributed by atoms with Crippen molar-refractivity contribution in [1.82, 2.24) is 9.96 Å². The first-order valence-corrected chi connectivity index (χ1v) is 8.84. The summed E-state index contributed by atoms with van der Waals surface area (Å²) in [5.41, 5.74) is 0.415. The highest BCUT2D eigenvalue weighted by Crippen LogP contribution is 2.36. The van der Waals surface area contributed by atoms with E-state index in [1.54, 1.807) is 43.7 Å². The van der Waals surface area contributed by atoms with Crippen LogP contribution >= 0.6 is 7.14 Å². The van der Waals surface area contributed by atoms with Crippen molar-refractivity contribution in [1.29, 1.82) is 0 Å². The van der Waals surface area contributed by atoms with E-state index in [-0.39, 0.29) is 18.9 Å². The Balaban J connectivity index is 2.95. The second kappa shape index (κ2) is 6.68. The van der Waals surface area contributed by atoms with Gasteiger partial charge in [0.15, 0.2) is 0 Å². The normalized spacial score (nSPS) is 11.0. The largest absolute Gasteiger partial charge is 0.322 e. The molecule has 1 N–H and O–H groups in total. The summed E-state index contributed by atoms with van der Waals surface area (Å²) in [6.45, 7) is 3.97. The van der Waals surface area contributed by atoms with Crippen LogP contribution in [-0.2, 0) is 9.36 Å². The Morgan fingerprint density at radius 3 is 2.20 bits per heavy atom. The average Bonchev–Trinajstić information content (AvgIpc) is 2.36. The third-order valence-corrected chi connectivity index (χ3v) is 3.51. The third kappa shape index (κ3) is 5.15. The SMILES string of the molecule is CC(=O)N(O)CN(CP(C)(C)=O)C(=O)c1ccccc1. The molecule has 0 fully saturated rings. The molecule has 110 valence electrons. The highest BCUT2D eigenvalue weighted by molar-refractivity contribution is 7.62. The van der Waals surface area contributed by atoms with Gasteiger partial charge in [-0.05, 0) is 25.5 Å².